The molecule has 1 aliphatic rings. The van der Waals surface area contributed by atoms with Gasteiger partial charge in [0.25, 0.3) is 0 Å². The van der Waals surface area contributed by atoms with Gasteiger partial charge >= 0.3 is 0 Å². The van der Waals surface area contributed by atoms with Gasteiger partial charge in [-0.1, -0.05) is 19.1 Å². The van der Waals surface area contributed by atoms with Crippen molar-refractivity contribution in [3.05, 3.63) is 29.8 Å². The van der Waals surface area contributed by atoms with Crippen molar-refractivity contribution in [2.45, 2.75) is 51.4 Å². The number of hydrogen-bond acceptors (Lipinski definition) is 4. The van der Waals surface area contributed by atoms with Gasteiger partial charge in [-0.25, -0.2) is 0 Å². The SMILES string of the molecule is CCOC(CC)C(NN)c1cccc(OC2CC2)c1. The molecule has 4 nitrogen and oxygen atoms in total. The molecule has 1 aromatic carbocycles. The zero-order valence-electron chi connectivity index (χ0n) is 11.8. The molecule has 1 saturated carbocycles. The lowest BCUT2D eigenvalue weighted by molar-refractivity contribution is 0.0313. The van der Waals surface area contributed by atoms with Gasteiger partial charge < -0.3 is 9.47 Å². The van der Waals surface area contributed by atoms with Crippen LogP contribution in [0.15, 0.2) is 24.3 Å². The second-order valence-corrected chi connectivity index (χ2v) is 4.94. The van der Waals surface area contributed by atoms with Crippen molar-refractivity contribution in [2.75, 3.05) is 6.61 Å². The molecule has 19 heavy (non-hydrogen) atoms. The average molecular weight is 264 g/mol. The summed E-state index contributed by atoms with van der Waals surface area (Å²) in [7, 11) is 0. The fourth-order valence-electron chi connectivity index (χ4n) is 2.24. The van der Waals surface area contributed by atoms with Crippen LogP contribution in [0.25, 0.3) is 0 Å². The van der Waals surface area contributed by atoms with Gasteiger partial charge in [-0.15, -0.1) is 0 Å². The Morgan fingerprint density at radius 2 is 2.16 bits per heavy atom. The number of hydrogen-bond donors (Lipinski definition) is 2. The summed E-state index contributed by atoms with van der Waals surface area (Å²) in [5.41, 5.74) is 3.98. The van der Waals surface area contributed by atoms with Gasteiger partial charge in [0, 0.05) is 6.61 Å². The predicted molar refractivity (Wildman–Crippen MR) is 75.9 cm³/mol. The third-order valence-corrected chi connectivity index (χ3v) is 3.38. The molecule has 1 aromatic rings. The molecular weight excluding hydrogens is 240 g/mol. The third-order valence-electron chi connectivity index (χ3n) is 3.38. The maximum atomic E-state index is 5.82. The summed E-state index contributed by atoms with van der Waals surface area (Å²) in [6, 6.07) is 8.12. The minimum Gasteiger partial charge on any atom is -0.490 e. The zero-order valence-corrected chi connectivity index (χ0v) is 11.8. The molecule has 0 saturated heterocycles. The third kappa shape index (κ3) is 3.93. The largest absolute Gasteiger partial charge is 0.490 e. The van der Waals surface area contributed by atoms with Crippen LogP contribution in [-0.4, -0.2) is 18.8 Å². The molecule has 1 fully saturated rings. The van der Waals surface area contributed by atoms with Crippen LogP contribution in [0.3, 0.4) is 0 Å². The van der Waals surface area contributed by atoms with Crippen molar-refractivity contribution in [1.82, 2.24) is 5.43 Å². The van der Waals surface area contributed by atoms with E-state index in [1.807, 2.05) is 19.1 Å². The Bertz CT molecular complexity index is 393. The van der Waals surface area contributed by atoms with Crippen molar-refractivity contribution >= 4 is 0 Å². The minimum absolute atomic E-state index is 0.00676. The van der Waals surface area contributed by atoms with Crippen molar-refractivity contribution in [2.24, 2.45) is 5.84 Å². The zero-order chi connectivity index (χ0) is 13.7. The van der Waals surface area contributed by atoms with Gasteiger partial charge in [-0.05, 0) is 43.9 Å². The van der Waals surface area contributed by atoms with E-state index in [4.69, 9.17) is 15.3 Å². The normalized spacial score (nSPS) is 18.1. The first-order valence-corrected chi connectivity index (χ1v) is 7.12. The average Bonchev–Trinajstić information content (AvgIpc) is 3.23. The Kier molecular flexibility index (Phi) is 5.19. The molecule has 0 heterocycles. The first kappa shape index (κ1) is 14.3. The van der Waals surface area contributed by atoms with E-state index in [0.29, 0.717) is 12.7 Å². The fourth-order valence-corrected chi connectivity index (χ4v) is 2.24. The van der Waals surface area contributed by atoms with E-state index in [1.54, 1.807) is 0 Å². The van der Waals surface area contributed by atoms with Crippen molar-refractivity contribution in [1.29, 1.82) is 0 Å². The van der Waals surface area contributed by atoms with Crippen LogP contribution in [-0.2, 0) is 4.74 Å². The second kappa shape index (κ2) is 6.89. The molecule has 0 amide bonds. The van der Waals surface area contributed by atoms with Gasteiger partial charge in [0.2, 0.25) is 0 Å². The summed E-state index contributed by atoms with van der Waals surface area (Å²) in [5, 5.41) is 0. The smallest absolute Gasteiger partial charge is 0.120 e. The topological polar surface area (TPSA) is 56.5 Å². The van der Waals surface area contributed by atoms with E-state index in [-0.39, 0.29) is 12.1 Å². The molecule has 0 bridgehead atoms. The lowest BCUT2D eigenvalue weighted by Gasteiger charge is -2.26. The van der Waals surface area contributed by atoms with E-state index in [9.17, 15) is 0 Å². The van der Waals surface area contributed by atoms with Gasteiger partial charge in [-0.2, -0.15) is 0 Å². The van der Waals surface area contributed by atoms with Crippen LogP contribution in [0.2, 0.25) is 0 Å². The molecule has 0 spiro atoms. The predicted octanol–water partition coefficient (Wildman–Crippen LogP) is 2.55. The standard InChI is InChI=1S/C15H24N2O2/c1-3-14(18-4-2)15(17-16)11-6-5-7-13(10-11)19-12-8-9-12/h5-7,10,12,14-15,17H,3-4,8-9,16H2,1-2H3. The first-order valence-electron chi connectivity index (χ1n) is 7.12. The molecule has 0 radical (unpaired) electrons. The van der Waals surface area contributed by atoms with E-state index in [1.165, 1.54) is 12.8 Å². The number of nitrogens with two attached hydrogens (primary N) is 1. The van der Waals surface area contributed by atoms with Crippen LogP contribution < -0.4 is 16.0 Å². The molecule has 3 N–H and O–H groups in total. The molecule has 1 aliphatic carbocycles. The second-order valence-electron chi connectivity index (χ2n) is 4.94. The fraction of sp³-hybridized carbons (Fsp3) is 0.600. The maximum absolute atomic E-state index is 5.82. The number of nitrogens with one attached hydrogen (secondary N) is 1. The highest BCUT2D eigenvalue weighted by Crippen LogP contribution is 2.29. The van der Waals surface area contributed by atoms with Crippen LogP contribution in [0, 0.1) is 0 Å². The molecule has 106 valence electrons. The van der Waals surface area contributed by atoms with E-state index >= 15 is 0 Å². The van der Waals surface area contributed by atoms with E-state index in [0.717, 1.165) is 17.7 Å². The summed E-state index contributed by atoms with van der Waals surface area (Å²) in [6.07, 6.45) is 3.73. The van der Waals surface area contributed by atoms with Crippen molar-refractivity contribution in [3.8, 4) is 5.75 Å². The molecule has 2 unspecified atom stereocenters. The molecule has 2 atom stereocenters. The molecule has 4 heteroatoms. The molecular formula is C15H24N2O2. The monoisotopic (exact) mass is 264 g/mol. The minimum atomic E-state index is -0.00676. The van der Waals surface area contributed by atoms with Gasteiger partial charge in [0.15, 0.2) is 0 Å². The molecule has 0 aromatic heterocycles. The van der Waals surface area contributed by atoms with Crippen LogP contribution in [0.4, 0.5) is 0 Å². The highest BCUT2D eigenvalue weighted by atomic mass is 16.5. The molecule has 2 rings (SSSR count). The van der Waals surface area contributed by atoms with Gasteiger partial charge in [-0.3, -0.25) is 11.3 Å². The Morgan fingerprint density at radius 3 is 2.74 bits per heavy atom. The first-order chi connectivity index (χ1) is 9.28. The van der Waals surface area contributed by atoms with E-state index in [2.05, 4.69) is 24.5 Å². The summed E-state index contributed by atoms with van der Waals surface area (Å²) in [5.74, 6) is 6.63. The number of rotatable bonds is 8. The number of ether oxygens (including phenoxy) is 2. The Balaban J connectivity index is 2.11. The van der Waals surface area contributed by atoms with Crippen LogP contribution in [0.5, 0.6) is 5.75 Å². The summed E-state index contributed by atoms with van der Waals surface area (Å²) < 4.78 is 11.6. The Labute approximate surface area is 115 Å². The molecule has 0 aliphatic heterocycles. The lowest BCUT2D eigenvalue weighted by Crippen LogP contribution is -2.37. The van der Waals surface area contributed by atoms with Gasteiger partial charge in [0.1, 0.15) is 5.75 Å². The summed E-state index contributed by atoms with van der Waals surface area (Å²) in [6.45, 7) is 4.80. The summed E-state index contributed by atoms with van der Waals surface area (Å²) >= 11 is 0. The Hall–Kier alpha value is -1.10. The number of benzene rings is 1. The van der Waals surface area contributed by atoms with Crippen LogP contribution in [0.1, 0.15) is 44.7 Å². The highest BCUT2D eigenvalue weighted by Gasteiger charge is 2.25. The van der Waals surface area contributed by atoms with E-state index < -0.39 is 0 Å². The van der Waals surface area contributed by atoms with Crippen LogP contribution >= 0.6 is 0 Å². The summed E-state index contributed by atoms with van der Waals surface area (Å²) in [4.78, 5) is 0. The quantitative estimate of drug-likeness (QED) is 0.559. The van der Waals surface area contributed by atoms with Crippen molar-refractivity contribution in [3.63, 3.8) is 0 Å². The van der Waals surface area contributed by atoms with Gasteiger partial charge in [0.05, 0.1) is 18.2 Å². The number of hydrazine groups is 1. The Morgan fingerprint density at radius 1 is 1.37 bits per heavy atom. The van der Waals surface area contributed by atoms with Crippen molar-refractivity contribution < 1.29 is 9.47 Å². The lowest BCUT2D eigenvalue weighted by atomic mass is 10.00. The highest BCUT2D eigenvalue weighted by molar-refractivity contribution is 5.31. The maximum Gasteiger partial charge on any atom is 0.120 e.